The molecule has 0 aliphatic heterocycles. The SMILES string of the molecule is CNC(=O)C(Cn1cnc2ccc(-c3cnc(OC)c(NS(=O)(=O)c4ccc(F)cc4Cl)c3)cc2c1=O)OC. The molecule has 0 bridgehead atoms. The van der Waals surface area contributed by atoms with Gasteiger partial charge in [0.05, 0.1) is 35.9 Å². The van der Waals surface area contributed by atoms with Crippen LogP contribution in [0.2, 0.25) is 5.02 Å². The molecule has 0 saturated carbocycles. The molecule has 0 fully saturated rings. The fourth-order valence-corrected chi connectivity index (χ4v) is 5.39. The normalized spacial score (nSPS) is 12.2. The molecule has 4 rings (SSSR count). The van der Waals surface area contributed by atoms with Gasteiger partial charge < -0.3 is 14.8 Å². The maximum atomic E-state index is 13.4. The van der Waals surface area contributed by atoms with E-state index in [0.717, 1.165) is 18.2 Å². The maximum Gasteiger partial charge on any atom is 0.263 e. The number of nitrogens with zero attached hydrogens (tertiary/aromatic N) is 3. The number of fused-ring (bicyclic) bond motifs is 1. The molecule has 1 unspecified atom stereocenters. The number of hydrogen-bond donors (Lipinski definition) is 2. The number of benzene rings is 2. The number of rotatable bonds is 9. The van der Waals surface area contributed by atoms with Crippen molar-refractivity contribution in [3.05, 3.63) is 76.2 Å². The molecule has 0 spiro atoms. The van der Waals surface area contributed by atoms with Crippen molar-refractivity contribution in [3.8, 4) is 17.0 Å². The largest absolute Gasteiger partial charge is 0.480 e. The number of carbonyl (C=O) groups is 1. The Morgan fingerprint density at radius 2 is 1.90 bits per heavy atom. The van der Waals surface area contributed by atoms with E-state index in [4.69, 9.17) is 21.1 Å². The van der Waals surface area contributed by atoms with Gasteiger partial charge in [0.15, 0.2) is 6.10 Å². The van der Waals surface area contributed by atoms with Gasteiger partial charge >= 0.3 is 0 Å². The second-order valence-electron chi connectivity index (χ2n) is 8.23. The lowest BCUT2D eigenvalue weighted by molar-refractivity contribution is -0.131. The summed E-state index contributed by atoms with van der Waals surface area (Å²) in [5, 5.41) is 2.45. The van der Waals surface area contributed by atoms with Crippen molar-refractivity contribution in [2.45, 2.75) is 17.5 Å². The Bertz CT molecular complexity index is 1730. The molecule has 39 heavy (non-hydrogen) atoms. The fraction of sp³-hybridized carbons (Fsp3) is 0.200. The van der Waals surface area contributed by atoms with E-state index >= 15 is 0 Å². The van der Waals surface area contributed by atoms with E-state index in [1.165, 1.54) is 44.4 Å². The van der Waals surface area contributed by atoms with Crippen LogP contribution in [-0.4, -0.2) is 56.2 Å². The minimum atomic E-state index is -4.24. The third-order valence-electron chi connectivity index (χ3n) is 5.82. The number of hydrogen-bond acceptors (Lipinski definition) is 8. The number of anilines is 1. The molecule has 2 aromatic heterocycles. The fourth-order valence-electron chi connectivity index (χ4n) is 3.81. The van der Waals surface area contributed by atoms with Gasteiger partial charge in [-0.05, 0) is 42.0 Å². The van der Waals surface area contributed by atoms with E-state index in [1.807, 2.05) is 0 Å². The van der Waals surface area contributed by atoms with E-state index in [9.17, 15) is 22.4 Å². The molecule has 4 aromatic rings. The summed E-state index contributed by atoms with van der Waals surface area (Å²) in [5.74, 6) is -1.10. The van der Waals surface area contributed by atoms with Crippen LogP contribution in [0.15, 0.2) is 64.7 Å². The molecule has 1 atom stereocenters. The molecule has 2 heterocycles. The standard InChI is InChI=1S/C25H23ClFN5O6S/c1-28-23(33)21(37-2)12-32-13-30-19-6-4-14(8-17(19)25(32)34)15-9-20(24(38-3)29-11-15)31-39(35,36)22-7-5-16(27)10-18(22)26/h4-11,13,21,31H,12H2,1-3H3,(H,28,33). The molecule has 11 nitrogen and oxygen atoms in total. The number of methoxy groups -OCH3 is 2. The smallest absolute Gasteiger partial charge is 0.263 e. The molecule has 0 radical (unpaired) electrons. The Balaban J connectivity index is 1.73. The summed E-state index contributed by atoms with van der Waals surface area (Å²) in [4.78, 5) is 33.4. The molecular weight excluding hydrogens is 553 g/mol. The topological polar surface area (TPSA) is 142 Å². The predicted octanol–water partition coefficient (Wildman–Crippen LogP) is 2.82. The van der Waals surface area contributed by atoms with Crippen LogP contribution in [0.1, 0.15) is 0 Å². The first-order valence-corrected chi connectivity index (χ1v) is 13.2. The van der Waals surface area contributed by atoms with E-state index in [2.05, 4.69) is 20.0 Å². The van der Waals surface area contributed by atoms with Gasteiger partial charge in [0.2, 0.25) is 5.88 Å². The average Bonchev–Trinajstić information content (AvgIpc) is 2.91. The van der Waals surface area contributed by atoms with Gasteiger partial charge in [-0.25, -0.2) is 22.8 Å². The molecule has 0 aliphatic carbocycles. The summed E-state index contributed by atoms with van der Waals surface area (Å²) in [6.45, 7) is -0.0514. The highest BCUT2D eigenvalue weighted by molar-refractivity contribution is 7.92. The van der Waals surface area contributed by atoms with Gasteiger partial charge in [-0.15, -0.1) is 0 Å². The number of carbonyl (C=O) groups excluding carboxylic acids is 1. The van der Waals surface area contributed by atoms with Crippen LogP contribution in [0.4, 0.5) is 10.1 Å². The van der Waals surface area contributed by atoms with Crippen molar-refractivity contribution in [3.63, 3.8) is 0 Å². The molecule has 204 valence electrons. The van der Waals surface area contributed by atoms with Crippen molar-refractivity contribution in [1.82, 2.24) is 19.9 Å². The van der Waals surface area contributed by atoms with Gasteiger partial charge in [0, 0.05) is 25.9 Å². The highest BCUT2D eigenvalue weighted by Gasteiger charge is 2.22. The number of ether oxygens (including phenoxy) is 2. The number of sulfonamides is 1. The van der Waals surface area contributed by atoms with Gasteiger partial charge in [-0.3, -0.25) is 18.9 Å². The first-order valence-electron chi connectivity index (χ1n) is 11.3. The quantitative estimate of drug-likeness (QED) is 0.310. The second-order valence-corrected chi connectivity index (χ2v) is 10.3. The maximum absolute atomic E-state index is 13.4. The Hall–Kier alpha value is -4.07. The molecule has 1 amide bonds. The molecular formula is C25H23ClFN5O6S. The lowest BCUT2D eigenvalue weighted by Gasteiger charge is -2.15. The number of halogens is 2. The Morgan fingerprint density at radius 1 is 1.13 bits per heavy atom. The Kier molecular flexibility index (Phi) is 8.14. The molecule has 14 heteroatoms. The van der Waals surface area contributed by atoms with Crippen molar-refractivity contribution in [2.24, 2.45) is 0 Å². The number of amides is 1. The van der Waals surface area contributed by atoms with Crippen LogP contribution in [0, 0.1) is 5.82 Å². The van der Waals surface area contributed by atoms with Crippen LogP contribution < -0.4 is 20.3 Å². The zero-order valence-corrected chi connectivity index (χ0v) is 22.5. The predicted molar refractivity (Wildman–Crippen MR) is 143 cm³/mol. The first-order chi connectivity index (χ1) is 18.6. The average molecular weight is 576 g/mol. The summed E-state index contributed by atoms with van der Waals surface area (Å²) in [7, 11) is -0.0879. The summed E-state index contributed by atoms with van der Waals surface area (Å²) in [5.41, 5.74) is 0.996. The van der Waals surface area contributed by atoms with Crippen LogP contribution in [0.3, 0.4) is 0 Å². The lowest BCUT2D eigenvalue weighted by Crippen LogP contribution is -2.39. The van der Waals surface area contributed by atoms with Crippen LogP contribution >= 0.6 is 11.6 Å². The zero-order valence-electron chi connectivity index (χ0n) is 20.9. The minimum Gasteiger partial charge on any atom is -0.480 e. The van der Waals surface area contributed by atoms with E-state index in [-0.39, 0.29) is 39.3 Å². The highest BCUT2D eigenvalue weighted by Crippen LogP contribution is 2.32. The van der Waals surface area contributed by atoms with Crippen molar-refractivity contribution in [2.75, 3.05) is 26.0 Å². The number of pyridine rings is 1. The summed E-state index contributed by atoms with van der Waals surface area (Å²) >= 11 is 5.96. The van der Waals surface area contributed by atoms with Gasteiger partial charge in [0.1, 0.15) is 16.4 Å². The lowest BCUT2D eigenvalue weighted by atomic mass is 10.1. The zero-order chi connectivity index (χ0) is 28.3. The summed E-state index contributed by atoms with van der Waals surface area (Å²) in [6.07, 6.45) is 1.89. The van der Waals surface area contributed by atoms with E-state index < -0.39 is 27.5 Å². The van der Waals surface area contributed by atoms with E-state index in [1.54, 1.807) is 18.2 Å². The third-order valence-corrected chi connectivity index (χ3v) is 7.66. The summed E-state index contributed by atoms with van der Waals surface area (Å²) < 4.78 is 53.5. The third kappa shape index (κ3) is 5.85. The van der Waals surface area contributed by atoms with Crippen molar-refractivity contribution >= 4 is 44.1 Å². The molecule has 2 N–H and O–H groups in total. The van der Waals surface area contributed by atoms with E-state index in [0.29, 0.717) is 16.6 Å². The minimum absolute atomic E-state index is 0.00685. The molecule has 0 saturated heterocycles. The van der Waals surface area contributed by atoms with Gasteiger partial charge in [-0.2, -0.15) is 0 Å². The Labute approximate surface area is 227 Å². The Morgan fingerprint density at radius 3 is 2.56 bits per heavy atom. The second kappa shape index (κ2) is 11.4. The van der Waals surface area contributed by atoms with Crippen LogP contribution in [0.5, 0.6) is 5.88 Å². The van der Waals surface area contributed by atoms with Gasteiger partial charge in [0.25, 0.3) is 21.5 Å². The van der Waals surface area contributed by atoms with Crippen molar-refractivity contribution < 1.29 is 27.1 Å². The van der Waals surface area contributed by atoms with Crippen molar-refractivity contribution in [1.29, 1.82) is 0 Å². The first kappa shape index (κ1) is 28.0. The molecule has 0 aliphatic rings. The monoisotopic (exact) mass is 575 g/mol. The van der Waals surface area contributed by atoms with Crippen LogP contribution in [0.25, 0.3) is 22.0 Å². The number of nitrogens with one attached hydrogen (secondary N) is 2. The summed E-state index contributed by atoms with van der Waals surface area (Å²) in [6, 6.07) is 9.30. The number of aromatic nitrogens is 3. The van der Waals surface area contributed by atoms with Gasteiger partial charge in [-0.1, -0.05) is 17.7 Å². The number of likely N-dealkylation sites (N-methyl/N-ethyl adjacent to an activating group) is 1. The highest BCUT2D eigenvalue weighted by atomic mass is 35.5. The van der Waals surface area contributed by atoms with Crippen LogP contribution in [-0.2, 0) is 26.1 Å². The molecule has 2 aromatic carbocycles.